The van der Waals surface area contributed by atoms with Crippen molar-refractivity contribution in [2.45, 2.75) is 25.8 Å². The average Bonchev–Trinajstić information content (AvgIpc) is 3.04. The maximum absolute atomic E-state index is 12.9. The van der Waals surface area contributed by atoms with Gasteiger partial charge in [0.1, 0.15) is 5.82 Å². The third-order valence-electron chi connectivity index (χ3n) is 2.44. The third kappa shape index (κ3) is 2.70. The molecule has 0 spiro atoms. The Labute approximate surface area is 93.7 Å². The molecule has 0 aliphatic heterocycles. The van der Waals surface area contributed by atoms with Gasteiger partial charge in [0.05, 0.1) is 6.04 Å². The molecule has 0 aromatic heterocycles. The van der Waals surface area contributed by atoms with E-state index < -0.39 is 0 Å². The second kappa shape index (κ2) is 4.49. The predicted octanol–water partition coefficient (Wildman–Crippen LogP) is 1.53. The van der Waals surface area contributed by atoms with Crippen molar-refractivity contribution in [1.82, 2.24) is 5.43 Å². The first-order chi connectivity index (χ1) is 7.69. The number of nitrogens with two attached hydrogens (primary N) is 1. The summed E-state index contributed by atoms with van der Waals surface area (Å²) in [7, 11) is 0. The number of anilines is 1. The molecule has 0 unspecified atom stereocenters. The Morgan fingerprint density at radius 2 is 2.25 bits per heavy atom. The Balaban J connectivity index is 2.12. The Hall–Kier alpha value is -1.62. The zero-order valence-electron chi connectivity index (χ0n) is 9.13. The van der Waals surface area contributed by atoms with Crippen LogP contribution in [0.4, 0.5) is 10.1 Å². The second-order valence-corrected chi connectivity index (χ2v) is 3.94. The van der Waals surface area contributed by atoms with Gasteiger partial charge in [-0.15, -0.1) is 0 Å². The van der Waals surface area contributed by atoms with Gasteiger partial charge in [-0.2, -0.15) is 0 Å². The highest BCUT2D eigenvalue weighted by molar-refractivity contribution is 5.94. The summed E-state index contributed by atoms with van der Waals surface area (Å²) in [5, 5.41) is 3.04. The summed E-state index contributed by atoms with van der Waals surface area (Å²) in [6.07, 6.45) is 2.21. The molecule has 0 heterocycles. The lowest BCUT2D eigenvalue weighted by atomic mass is 10.2. The van der Waals surface area contributed by atoms with Gasteiger partial charge in [-0.1, -0.05) is 0 Å². The van der Waals surface area contributed by atoms with Crippen LogP contribution >= 0.6 is 0 Å². The minimum atomic E-state index is -0.246. The number of nitrogens with zero attached hydrogens (tertiary/aromatic N) is 1. The minimum absolute atomic E-state index is 0.246. The molecule has 1 aromatic carbocycles. The van der Waals surface area contributed by atoms with E-state index in [1.807, 2.05) is 6.92 Å². The molecule has 0 radical (unpaired) electrons. The van der Waals surface area contributed by atoms with Crippen molar-refractivity contribution in [3.8, 4) is 0 Å². The fraction of sp³-hybridized carbons (Fsp3) is 0.364. The second-order valence-electron chi connectivity index (χ2n) is 3.94. The molecule has 1 aromatic rings. The predicted molar refractivity (Wildman–Crippen MR) is 62.5 cm³/mol. The van der Waals surface area contributed by atoms with Crippen LogP contribution in [0.1, 0.15) is 18.4 Å². The quantitative estimate of drug-likeness (QED) is 0.308. The number of guanidine groups is 1. The summed E-state index contributed by atoms with van der Waals surface area (Å²) in [5.74, 6) is 5.64. The number of halogens is 1. The molecule has 2 rings (SSSR count). The first-order valence-electron chi connectivity index (χ1n) is 5.26. The Morgan fingerprint density at radius 3 is 2.81 bits per heavy atom. The molecular formula is C11H15FN4. The van der Waals surface area contributed by atoms with Gasteiger partial charge in [0.25, 0.3) is 0 Å². The van der Waals surface area contributed by atoms with Crippen LogP contribution in [0.25, 0.3) is 0 Å². The normalized spacial score (nSPS) is 16.1. The van der Waals surface area contributed by atoms with Crippen molar-refractivity contribution in [3.63, 3.8) is 0 Å². The van der Waals surface area contributed by atoms with Gasteiger partial charge in [0.2, 0.25) is 5.96 Å². The molecule has 0 atom stereocenters. The van der Waals surface area contributed by atoms with Gasteiger partial charge >= 0.3 is 0 Å². The molecule has 4 N–H and O–H groups in total. The van der Waals surface area contributed by atoms with E-state index in [0.717, 1.165) is 24.1 Å². The first-order valence-corrected chi connectivity index (χ1v) is 5.26. The SMILES string of the molecule is Cc1cc(F)ccc1NC(=NC1CC1)NN. The summed E-state index contributed by atoms with van der Waals surface area (Å²) < 4.78 is 12.9. The summed E-state index contributed by atoms with van der Waals surface area (Å²) in [6, 6.07) is 4.91. The molecule has 1 aliphatic carbocycles. The Kier molecular flexibility index (Phi) is 3.05. The molecule has 0 amide bonds. The van der Waals surface area contributed by atoms with E-state index in [4.69, 9.17) is 5.84 Å². The van der Waals surface area contributed by atoms with Crippen LogP contribution < -0.4 is 16.6 Å². The molecule has 1 aliphatic rings. The van der Waals surface area contributed by atoms with E-state index in [1.165, 1.54) is 12.1 Å². The molecule has 5 heteroatoms. The highest BCUT2D eigenvalue weighted by Gasteiger charge is 2.21. The topological polar surface area (TPSA) is 62.4 Å². The van der Waals surface area contributed by atoms with Crippen molar-refractivity contribution in [2.24, 2.45) is 10.8 Å². The molecule has 0 saturated heterocycles. The maximum Gasteiger partial charge on any atom is 0.210 e. The van der Waals surface area contributed by atoms with Gasteiger partial charge < -0.3 is 5.32 Å². The first kappa shape index (κ1) is 10.9. The number of hydrogen-bond donors (Lipinski definition) is 3. The van der Waals surface area contributed by atoms with E-state index in [1.54, 1.807) is 6.07 Å². The summed E-state index contributed by atoms with van der Waals surface area (Å²) in [6.45, 7) is 1.83. The Bertz CT molecular complexity index is 412. The number of aliphatic imine (C=N–C) groups is 1. The summed E-state index contributed by atoms with van der Waals surface area (Å²) in [5.41, 5.74) is 4.13. The molecule has 0 bridgehead atoms. The van der Waals surface area contributed by atoms with Crippen LogP contribution in [0, 0.1) is 12.7 Å². The number of rotatable bonds is 2. The summed E-state index contributed by atoms with van der Waals surface area (Å²) in [4.78, 5) is 4.34. The van der Waals surface area contributed by atoms with Crippen molar-refractivity contribution in [2.75, 3.05) is 5.32 Å². The molecule has 16 heavy (non-hydrogen) atoms. The molecule has 1 saturated carbocycles. The molecule has 4 nitrogen and oxygen atoms in total. The zero-order valence-corrected chi connectivity index (χ0v) is 9.13. The number of hydrogen-bond acceptors (Lipinski definition) is 2. The van der Waals surface area contributed by atoms with E-state index >= 15 is 0 Å². The largest absolute Gasteiger partial charge is 0.325 e. The number of nitrogens with one attached hydrogen (secondary N) is 2. The monoisotopic (exact) mass is 222 g/mol. The van der Waals surface area contributed by atoms with Crippen LogP contribution in [0.15, 0.2) is 23.2 Å². The maximum atomic E-state index is 12.9. The fourth-order valence-corrected chi connectivity index (χ4v) is 1.39. The van der Waals surface area contributed by atoms with Crippen LogP contribution in [-0.2, 0) is 0 Å². The van der Waals surface area contributed by atoms with Crippen LogP contribution in [-0.4, -0.2) is 12.0 Å². The van der Waals surface area contributed by atoms with Gasteiger partial charge in [0.15, 0.2) is 0 Å². The van der Waals surface area contributed by atoms with E-state index in [2.05, 4.69) is 15.7 Å². The summed E-state index contributed by atoms with van der Waals surface area (Å²) >= 11 is 0. The van der Waals surface area contributed by atoms with Gasteiger partial charge in [-0.3, -0.25) is 5.43 Å². The van der Waals surface area contributed by atoms with E-state index in [9.17, 15) is 4.39 Å². The van der Waals surface area contributed by atoms with Crippen molar-refractivity contribution < 1.29 is 4.39 Å². The lowest BCUT2D eigenvalue weighted by Crippen LogP contribution is -2.36. The number of hydrazine groups is 1. The molecule has 1 fully saturated rings. The fourth-order valence-electron chi connectivity index (χ4n) is 1.39. The number of benzene rings is 1. The van der Waals surface area contributed by atoms with Crippen molar-refractivity contribution in [1.29, 1.82) is 0 Å². The van der Waals surface area contributed by atoms with Crippen LogP contribution in [0.2, 0.25) is 0 Å². The lowest BCUT2D eigenvalue weighted by molar-refractivity contribution is 0.627. The van der Waals surface area contributed by atoms with Crippen LogP contribution in [0.5, 0.6) is 0 Å². The van der Waals surface area contributed by atoms with Gasteiger partial charge in [-0.05, 0) is 43.5 Å². The average molecular weight is 222 g/mol. The number of aryl methyl sites for hydroxylation is 1. The van der Waals surface area contributed by atoms with Crippen molar-refractivity contribution in [3.05, 3.63) is 29.6 Å². The zero-order chi connectivity index (χ0) is 11.5. The van der Waals surface area contributed by atoms with Gasteiger partial charge in [0, 0.05) is 5.69 Å². The third-order valence-corrected chi connectivity index (χ3v) is 2.44. The van der Waals surface area contributed by atoms with Gasteiger partial charge in [-0.25, -0.2) is 15.2 Å². The molecular weight excluding hydrogens is 207 g/mol. The lowest BCUT2D eigenvalue weighted by Gasteiger charge is -2.11. The van der Waals surface area contributed by atoms with Crippen LogP contribution in [0.3, 0.4) is 0 Å². The minimum Gasteiger partial charge on any atom is -0.325 e. The standard InChI is InChI=1S/C11H15FN4/c1-7-6-8(12)2-5-10(7)15-11(16-13)14-9-3-4-9/h2,5-6,9H,3-4,13H2,1H3,(H2,14,15,16). The highest BCUT2D eigenvalue weighted by atomic mass is 19.1. The smallest absolute Gasteiger partial charge is 0.210 e. The Morgan fingerprint density at radius 1 is 1.50 bits per heavy atom. The highest BCUT2D eigenvalue weighted by Crippen LogP contribution is 2.23. The molecule has 86 valence electrons. The van der Waals surface area contributed by atoms with E-state index in [0.29, 0.717) is 12.0 Å². The van der Waals surface area contributed by atoms with Crippen molar-refractivity contribution >= 4 is 11.6 Å². The van der Waals surface area contributed by atoms with E-state index in [-0.39, 0.29) is 5.82 Å².